The van der Waals surface area contributed by atoms with E-state index in [-0.39, 0.29) is 5.91 Å². The van der Waals surface area contributed by atoms with Crippen LogP contribution in [0.1, 0.15) is 24.2 Å². The minimum Gasteiger partial charge on any atom is -0.381 e. The zero-order valence-corrected chi connectivity index (χ0v) is 17.2. The van der Waals surface area contributed by atoms with Crippen LogP contribution in [0.2, 0.25) is 0 Å². The van der Waals surface area contributed by atoms with E-state index in [1.165, 1.54) is 0 Å². The van der Waals surface area contributed by atoms with Crippen LogP contribution in [0.15, 0.2) is 60.9 Å². The van der Waals surface area contributed by atoms with Crippen LogP contribution in [0.5, 0.6) is 0 Å². The predicted molar refractivity (Wildman–Crippen MR) is 116 cm³/mol. The average molecular weight is 406 g/mol. The van der Waals surface area contributed by atoms with Gasteiger partial charge in [-0.1, -0.05) is 30.3 Å². The van der Waals surface area contributed by atoms with Gasteiger partial charge in [0.15, 0.2) is 0 Å². The van der Waals surface area contributed by atoms with Gasteiger partial charge in [0.25, 0.3) is 0 Å². The van der Waals surface area contributed by atoms with Gasteiger partial charge in [-0.15, -0.1) is 0 Å². The maximum atomic E-state index is 13.2. The molecule has 0 saturated carbocycles. The maximum absolute atomic E-state index is 13.2. The Labute approximate surface area is 176 Å². The first-order valence-corrected chi connectivity index (χ1v) is 10.3. The number of rotatable bonds is 7. The van der Waals surface area contributed by atoms with Crippen molar-refractivity contribution < 1.29 is 9.53 Å². The lowest BCUT2D eigenvalue weighted by atomic mass is 9.73. The van der Waals surface area contributed by atoms with Crippen LogP contribution in [-0.2, 0) is 14.9 Å². The van der Waals surface area contributed by atoms with Crippen LogP contribution in [0.3, 0.4) is 0 Å². The first-order chi connectivity index (χ1) is 14.7. The van der Waals surface area contributed by atoms with Gasteiger partial charge in [-0.3, -0.25) is 4.79 Å². The number of benzene rings is 1. The van der Waals surface area contributed by atoms with Crippen molar-refractivity contribution in [3.63, 3.8) is 0 Å². The summed E-state index contributed by atoms with van der Waals surface area (Å²) in [5.41, 5.74) is 0.536. The van der Waals surface area contributed by atoms with E-state index in [1.54, 1.807) is 0 Å². The highest BCUT2D eigenvalue weighted by Crippen LogP contribution is 2.35. The number of nitrogens with zero attached hydrogens (tertiary/aromatic N) is 3. The van der Waals surface area contributed by atoms with Gasteiger partial charge in [-0.25, -0.2) is 9.97 Å². The molecule has 1 fully saturated rings. The molecule has 30 heavy (non-hydrogen) atoms. The van der Waals surface area contributed by atoms with Gasteiger partial charge in [-0.05, 0) is 37.5 Å². The topological polar surface area (TPSA) is 81.1 Å². The number of nitrogens with one attached hydrogen (secondary N) is 2. The molecule has 3 heterocycles. The number of anilines is 1. The van der Waals surface area contributed by atoms with Gasteiger partial charge in [0.2, 0.25) is 5.91 Å². The van der Waals surface area contributed by atoms with E-state index in [0.717, 1.165) is 17.2 Å². The number of carbonyl (C=O) groups is 1. The molecule has 0 spiro atoms. The number of ether oxygens (including phenoxy) is 1. The number of aromatic nitrogens is 3. The van der Waals surface area contributed by atoms with Gasteiger partial charge in [0, 0.05) is 44.8 Å². The second kappa shape index (κ2) is 9.09. The Balaban J connectivity index is 1.37. The Morgan fingerprint density at radius 2 is 1.80 bits per heavy atom. The van der Waals surface area contributed by atoms with E-state index in [9.17, 15) is 4.79 Å². The maximum Gasteiger partial charge on any atom is 0.230 e. The zero-order valence-electron chi connectivity index (χ0n) is 17.2. The molecular weight excluding hydrogens is 378 g/mol. The summed E-state index contributed by atoms with van der Waals surface area (Å²) in [5.74, 6) is 2.30. The third kappa shape index (κ3) is 4.36. The Morgan fingerprint density at radius 3 is 2.53 bits per heavy atom. The molecule has 1 aliphatic rings. The highest BCUT2D eigenvalue weighted by molar-refractivity contribution is 5.88. The summed E-state index contributed by atoms with van der Waals surface area (Å²) < 4.78 is 7.47. The quantitative estimate of drug-likeness (QED) is 0.591. The second-order valence-electron chi connectivity index (χ2n) is 7.49. The zero-order chi connectivity index (χ0) is 20.8. The van der Waals surface area contributed by atoms with Crippen LogP contribution in [0.4, 0.5) is 5.82 Å². The molecule has 1 aliphatic heterocycles. The number of aryl methyl sites for hydroxylation is 1. The van der Waals surface area contributed by atoms with E-state index in [1.807, 2.05) is 72.4 Å². The first-order valence-electron chi connectivity index (χ1n) is 10.3. The van der Waals surface area contributed by atoms with Crippen molar-refractivity contribution in [3.05, 3.63) is 72.3 Å². The van der Waals surface area contributed by atoms with Crippen molar-refractivity contribution in [2.75, 3.05) is 31.6 Å². The highest BCUT2D eigenvalue weighted by Gasteiger charge is 2.41. The summed E-state index contributed by atoms with van der Waals surface area (Å²) in [5, 5.41) is 6.41. The van der Waals surface area contributed by atoms with E-state index < -0.39 is 5.41 Å². The molecule has 2 N–H and O–H groups in total. The minimum absolute atomic E-state index is 0.0608. The second-order valence-corrected chi connectivity index (χ2v) is 7.49. The molecule has 7 heteroatoms. The Hall–Kier alpha value is -3.19. The minimum atomic E-state index is -0.521. The first kappa shape index (κ1) is 20.1. The molecule has 1 aromatic carbocycles. The van der Waals surface area contributed by atoms with Gasteiger partial charge >= 0.3 is 0 Å². The number of carbonyl (C=O) groups excluding carboxylic acids is 1. The molecule has 0 atom stereocenters. The SMILES string of the molecule is Cc1nc(NCCNC(=O)C2(c3ccccc3)CCOCC2)cc(-n2cccc2)n1. The molecule has 0 bridgehead atoms. The fourth-order valence-electron chi connectivity index (χ4n) is 3.92. The van der Waals surface area contributed by atoms with Crippen molar-refractivity contribution in [3.8, 4) is 5.82 Å². The van der Waals surface area contributed by atoms with Gasteiger partial charge in [0.05, 0.1) is 5.41 Å². The fraction of sp³-hybridized carbons (Fsp3) is 0.348. The van der Waals surface area contributed by atoms with Crippen molar-refractivity contribution in [2.24, 2.45) is 0 Å². The predicted octanol–water partition coefficient (Wildman–Crippen LogP) is 2.85. The third-order valence-electron chi connectivity index (χ3n) is 5.52. The smallest absolute Gasteiger partial charge is 0.230 e. The van der Waals surface area contributed by atoms with Crippen LogP contribution in [0.25, 0.3) is 5.82 Å². The van der Waals surface area contributed by atoms with Gasteiger partial charge < -0.3 is 19.9 Å². The van der Waals surface area contributed by atoms with E-state index in [4.69, 9.17) is 4.74 Å². The molecule has 0 aliphatic carbocycles. The van der Waals surface area contributed by atoms with E-state index in [0.29, 0.717) is 45.0 Å². The molecule has 0 radical (unpaired) electrons. The number of hydrogen-bond donors (Lipinski definition) is 2. The van der Waals surface area contributed by atoms with Crippen molar-refractivity contribution in [1.29, 1.82) is 0 Å². The standard InChI is InChI=1S/C23H27N5O2/c1-18-26-20(17-21(27-18)28-13-5-6-14-28)24-11-12-25-22(29)23(9-15-30-16-10-23)19-7-3-2-4-8-19/h2-8,13-14,17H,9-12,15-16H2,1H3,(H,25,29)(H,24,26,27). The molecule has 1 amide bonds. The Bertz CT molecular complexity index is 967. The van der Waals surface area contributed by atoms with Crippen molar-refractivity contribution >= 4 is 11.7 Å². The van der Waals surface area contributed by atoms with E-state index >= 15 is 0 Å². The highest BCUT2D eigenvalue weighted by atomic mass is 16.5. The molecular formula is C23H27N5O2. The van der Waals surface area contributed by atoms with Crippen LogP contribution < -0.4 is 10.6 Å². The van der Waals surface area contributed by atoms with Gasteiger partial charge in [0.1, 0.15) is 17.5 Å². The lowest BCUT2D eigenvalue weighted by Crippen LogP contribution is -2.49. The Morgan fingerprint density at radius 1 is 1.07 bits per heavy atom. The summed E-state index contributed by atoms with van der Waals surface area (Å²) in [6.07, 6.45) is 5.29. The summed E-state index contributed by atoms with van der Waals surface area (Å²) in [4.78, 5) is 22.1. The molecule has 7 nitrogen and oxygen atoms in total. The lowest BCUT2D eigenvalue weighted by molar-refractivity contribution is -0.130. The van der Waals surface area contributed by atoms with Crippen LogP contribution >= 0.6 is 0 Å². The summed E-state index contributed by atoms with van der Waals surface area (Å²) in [7, 11) is 0. The molecule has 156 valence electrons. The fourth-order valence-corrected chi connectivity index (χ4v) is 3.92. The van der Waals surface area contributed by atoms with Crippen LogP contribution in [-0.4, -0.2) is 46.7 Å². The average Bonchev–Trinajstić information content (AvgIpc) is 3.32. The largest absolute Gasteiger partial charge is 0.381 e. The molecule has 1 saturated heterocycles. The Kier molecular flexibility index (Phi) is 6.09. The lowest BCUT2D eigenvalue weighted by Gasteiger charge is -2.36. The summed E-state index contributed by atoms with van der Waals surface area (Å²) in [6, 6.07) is 15.8. The summed E-state index contributed by atoms with van der Waals surface area (Å²) >= 11 is 0. The van der Waals surface area contributed by atoms with Crippen LogP contribution in [0, 0.1) is 6.92 Å². The molecule has 3 aromatic rings. The van der Waals surface area contributed by atoms with Gasteiger partial charge in [-0.2, -0.15) is 0 Å². The van der Waals surface area contributed by atoms with Crippen molar-refractivity contribution in [1.82, 2.24) is 19.9 Å². The monoisotopic (exact) mass is 405 g/mol. The number of hydrogen-bond acceptors (Lipinski definition) is 5. The third-order valence-corrected chi connectivity index (χ3v) is 5.52. The van der Waals surface area contributed by atoms with Crippen molar-refractivity contribution in [2.45, 2.75) is 25.2 Å². The van der Waals surface area contributed by atoms with E-state index in [2.05, 4.69) is 20.6 Å². The molecule has 2 aromatic heterocycles. The number of amides is 1. The molecule has 4 rings (SSSR count). The molecule has 0 unspecified atom stereocenters. The summed E-state index contributed by atoms with van der Waals surface area (Å²) in [6.45, 7) is 4.16. The normalized spacial score (nSPS) is 15.5.